The van der Waals surface area contributed by atoms with Gasteiger partial charge >= 0.3 is 0 Å². The third-order valence-corrected chi connectivity index (χ3v) is 5.49. The van der Waals surface area contributed by atoms with Crippen LogP contribution in [0.1, 0.15) is 12.8 Å². The van der Waals surface area contributed by atoms with E-state index in [-0.39, 0.29) is 23.6 Å². The summed E-state index contributed by atoms with van der Waals surface area (Å²) in [6.07, 6.45) is 5.56. The fraction of sp³-hybridized carbons (Fsp3) is 0.300. The van der Waals surface area contributed by atoms with Crippen molar-refractivity contribution in [2.45, 2.75) is 30.6 Å². The summed E-state index contributed by atoms with van der Waals surface area (Å²) in [6.45, 7) is 1.40. The maximum Gasteiger partial charge on any atom is 0.234 e. The van der Waals surface area contributed by atoms with Crippen molar-refractivity contribution in [3.8, 4) is 11.4 Å². The van der Waals surface area contributed by atoms with Crippen LogP contribution in [0.3, 0.4) is 0 Å². The first-order chi connectivity index (χ1) is 14.2. The minimum absolute atomic E-state index is 0.110. The summed E-state index contributed by atoms with van der Waals surface area (Å²) in [6, 6.07) is 9.43. The van der Waals surface area contributed by atoms with E-state index in [1.165, 1.54) is 36.0 Å². The molecule has 1 aliphatic heterocycles. The van der Waals surface area contributed by atoms with Crippen LogP contribution >= 0.6 is 11.8 Å². The number of benzene rings is 1. The number of nitrogens with zero attached hydrogens (tertiary/aromatic N) is 4. The molecule has 1 aromatic carbocycles. The van der Waals surface area contributed by atoms with Crippen molar-refractivity contribution in [1.82, 2.24) is 19.7 Å². The number of anilines is 1. The Morgan fingerprint density at radius 2 is 2.00 bits per heavy atom. The van der Waals surface area contributed by atoms with Gasteiger partial charge in [0.1, 0.15) is 5.82 Å². The maximum atomic E-state index is 13.0. The Hall–Kier alpha value is -2.78. The van der Waals surface area contributed by atoms with Crippen LogP contribution in [-0.2, 0) is 16.1 Å². The van der Waals surface area contributed by atoms with Crippen LogP contribution in [0.5, 0.6) is 0 Å². The molecule has 1 amide bonds. The van der Waals surface area contributed by atoms with Gasteiger partial charge in [0, 0.05) is 30.3 Å². The molecule has 1 atom stereocenters. The van der Waals surface area contributed by atoms with Crippen molar-refractivity contribution in [3.63, 3.8) is 0 Å². The lowest BCUT2D eigenvalue weighted by Gasteiger charge is -2.14. The molecule has 29 heavy (non-hydrogen) atoms. The van der Waals surface area contributed by atoms with Crippen molar-refractivity contribution >= 4 is 23.4 Å². The van der Waals surface area contributed by atoms with E-state index in [4.69, 9.17) is 4.74 Å². The summed E-state index contributed by atoms with van der Waals surface area (Å²) < 4.78 is 20.8. The van der Waals surface area contributed by atoms with E-state index in [9.17, 15) is 9.18 Å². The predicted molar refractivity (Wildman–Crippen MR) is 108 cm³/mol. The number of rotatable bonds is 7. The van der Waals surface area contributed by atoms with Gasteiger partial charge in [0.15, 0.2) is 11.0 Å². The number of amides is 1. The molecule has 3 heterocycles. The number of carbonyl (C=O) groups excluding carboxylic acids is 1. The Labute approximate surface area is 171 Å². The quantitative estimate of drug-likeness (QED) is 0.598. The molecule has 0 saturated carbocycles. The molecule has 0 radical (unpaired) electrons. The number of nitrogens with one attached hydrogen (secondary N) is 1. The average molecular weight is 413 g/mol. The maximum absolute atomic E-state index is 13.0. The molecule has 0 aliphatic carbocycles. The molecule has 1 unspecified atom stereocenters. The molecule has 7 nitrogen and oxygen atoms in total. The Balaban J connectivity index is 1.47. The van der Waals surface area contributed by atoms with E-state index >= 15 is 0 Å². The van der Waals surface area contributed by atoms with Gasteiger partial charge in [-0.2, -0.15) is 0 Å². The van der Waals surface area contributed by atoms with Gasteiger partial charge in [-0.3, -0.25) is 14.3 Å². The lowest BCUT2D eigenvalue weighted by Crippen LogP contribution is -2.18. The molecule has 9 heteroatoms. The normalized spacial score (nSPS) is 16.1. The van der Waals surface area contributed by atoms with E-state index in [1.807, 2.05) is 16.7 Å². The van der Waals surface area contributed by atoms with Crippen LogP contribution in [0, 0.1) is 5.82 Å². The van der Waals surface area contributed by atoms with Crippen LogP contribution in [0.4, 0.5) is 10.1 Å². The molecule has 2 aromatic heterocycles. The zero-order valence-corrected chi connectivity index (χ0v) is 16.4. The summed E-state index contributed by atoms with van der Waals surface area (Å²) in [5.74, 6) is 0.350. The van der Waals surface area contributed by atoms with E-state index in [1.54, 1.807) is 12.4 Å². The standard InChI is InChI=1S/C20H20FN5O2S/c21-15-3-5-16(6-4-15)23-18(27)13-29-20-25-24-19(14-7-9-22-10-8-14)26(20)12-17-2-1-11-28-17/h3-10,17H,1-2,11-13H2,(H,23,27). The van der Waals surface area contributed by atoms with Gasteiger partial charge in [-0.25, -0.2) is 4.39 Å². The number of pyridine rings is 1. The number of carbonyl (C=O) groups is 1. The van der Waals surface area contributed by atoms with Crippen LogP contribution < -0.4 is 5.32 Å². The van der Waals surface area contributed by atoms with Gasteiger partial charge in [-0.05, 0) is 49.2 Å². The zero-order valence-electron chi connectivity index (χ0n) is 15.6. The number of ether oxygens (including phenoxy) is 1. The second-order valence-corrected chi connectivity index (χ2v) is 7.57. The van der Waals surface area contributed by atoms with Gasteiger partial charge in [-0.15, -0.1) is 10.2 Å². The smallest absolute Gasteiger partial charge is 0.234 e. The topological polar surface area (TPSA) is 81.9 Å². The molecule has 1 N–H and O–H groups in total. The third kappa shape index (κ3) is 4.99. The van der Waals surface area contributed by atoms with Crippen molar-refractivity contribution in [2.24, 2.45) is 0 Å². The monoisotopic (exact) mass is 413 g/mol. The molecule has 4 rings (SSSR count). The lowest BCUT2D eigenvalue weighted by molar-refractivity contribution is -0.113. The second kappa shape index (κ2) is 9.15. The first-order valence-electron chi connectivity index (χ1n) is 9.32. The number of aromatic nitrogens is 4. The second-order valence-electron chi connectivity index (χ2n) is 6.63. The predicted octanol–water partition coefficient (Wildman–Crippen LogP) is 3.39. The van der Waals surface area contributed by atoms with Crippen molar-refractivity contribution in [3.05, 3.63) is 54.6 Å². The molecule has 1 aliphatic rings. The fourth-order valence-electron chi connectivity index (χ4n) is 3.13. The Kier molecular flexibility index (Phi) is 6.16. The molecule has 0 bridgehead atoms. The lowest BCUT2D eigenvalue weighted by atomic mass is 10.2. The minimum atomic E-state index is -0.344. The van der Waals surface area contributed by atoms with Crippen molar-refractivity contribution in [2.75, 3.05) is 17.7 Å². The van der Waals surface area contributed by atoms with E-state index in [0.717, 1.165) is 30.8 Å². The first-order valence-corrected chi connectivity index (χ1v) is 10.3. The average Bonchev–Trinajstić information content (AvgIpc) is 3.39. The largest absolute Gasteiger partial charge is 0.376 e. The summed E-state index contributed by atoms with van der Waals surface area (Å²) in [7, 11) is 0. The van der Waals surface area contributed by atoms with E-state index in [2.05, 4.69) is 20.5 Å². The summed E-state index contributed by atoms with van der Waals surface area (Å²) in [5, 5.41) is 12.0. The molecular formula is C20H20FN5O2S. The Bertz CT molecular complexity index is 959. The number of halogens is 1. The van der Waals surface area contributed by atoms with Gasteiger partial charge in [0.2, 0.25) is 5.91 Å². The summed E-state index contributed by atoms with van der Waals surface area (Å²) in [4.78, 5) is 16.3. The van der Waals surface area contributed by atoms with Crippen LogP contribution in [0.15, 0.2) is 53.9 Å². The SMILES string of the molecule is O=C(CSc1nnc(-c2ccncc2)n1CC1CCCO1)Nc1ccc(F)cc1. The first kappa shape index (κ1) is 19.5. The van der Waals surface area contributed by atoms with Gasteiger partial charge in [0.05, 0.1) is 18.4 Å². The number of hydrogen-bond donors (Lipinski definition) is 1. The van der Waals surface area contributed by atoms with Crippen LogP contribution in [0.2, 0.25) is 0 Å². The van der Waals surface area contributed by atoms with Crippen LogP contribution in [0.25, 0.3) is 11.4 Å². The molecule has 0 spiro atoms. The highest BCUT2D eigenvalue weighted by atomic mass is 32.2. The number of thioether (sulfide) groups is 1. The molecule has 150 valence electrons. The Morgan fingerprint density at radius 3 is 2.72 bits per heavy atom. The Morgan fingerprint density at radius 1 is 1.21 bits per heavy atom. The number of hydrogen-bond acceptors (Lipinski definition) is 6. The third-order valence-electron chi connectivity index (χ3n) is 4.53. The highest BCUT2D eigenvalue weighted by Gasteiger charge is 2.22. The highest BCUT2D eigenvalue weighted by Crippen LogP contribution is 2.26. The molecule has 3 aromatic rings. The van der Waals surface area contributed by atoms with E-state index in [0.29, 0.717) is 17.4 Å². The molecule has 1 fully saturated rings. The minimum Gasteiger partial charge on any atom is -0.376 e. The molecule has 1 saturated heterocycles. The summed E-state index contributed by atoms with van der Waals surface area (Å²) in [5.41, 5.74) is 1.46. The van der Waals surface area contributed by atoms with Gasteiger partial charge in [-0.1, -0.05) is 11.8 Å². The van der Waals surface area contributed by atoms with E-state index < -0.39 is 0 Å². The van der Waals surface area contributed by atoms with Crippen molar-refractivity contribution < 1.29 is 13.9 Å². The van der Waals surface area contributed by atoms with Crippen LogP contribution in [-0.4, -0.2) is 44.1 Å². The fourth-order valence-corrected chi connectivity index (χ4v) is 3.87. The van der Waals surface area contributed by atoms with Gasteiger partial charge in [0.25, 0.3) is 0 Å². The zero-order chi connectivity index (χ0) is 20.1. The molecular weight excluding hydrogens is 393 g/mol. The highest BCUT2D eigenvalue weighted by molar-refractivity contribution is 7.99. The van der Waals surface area contributed by atoms with Crippen molar-refractivity contribution in [1.29, 1.82) is 0 Å². The van der Waals surface area contributed by atoms with Gasteiger partial charge < -0.3 is 10.1 Å². The summed E-state index contributed by atoms with van der Waals surface area (Å²) >= 11 is 1.31.